The van der Waals surface area contributed by atoms with Crippen molar-refractivity contribution < 1.29 is 14.6 Å². The van der Waals surface area contributed by atoms with E-state index >= 15 is 0 Å². The minimum absolute atomic E-state index is 0.343. The van der Waals surface area contributed by atoms with Gasteiger partial charge >= 0.3 is 5.97 Å². The Balaban J connectivity index is 2.06. The number of rotatable bonds is 12. The first-order valence-electron chi connectivity index (χ1n) is 8.52. The van der Waals surface area contributed by atoms with Gasteiger partial charge in [-0.2, -0.15) is 0 Å². The van der Waals surface area contributed by atoms with E-state index in [9.17, 15) is 4.79 Å². The van der Waals surface area contributed by atoms with Crippen molar-refractivity contribution in [2.45, 2.75) is 58.0 Å². The Labute approximate surface area is 139 Å². The molecule has 23 heavy (non-hydrogen) atoms. The van der Waals surface area contributed by atoms with Gasteiger partial charge in [0.2, 0.25) is 0 Å². The molecular formula is C20H28O3. The average Bonchev–Trinajstić information content (AvgIpc) is 3.27. The number of carbonyl (C=O) groups is 1. The second kappa shape index (κ2) is 12.5. The normalized spacial score (nSPS) is 19.5. The summed E-state index contributed by atoms with van der Waals surface area (Å²) >= 11 is 0. The maximum absolute atomic E-state index is 10.2. The van der Waals surface area contributed by atoms with E-state index in [2.05, 4.69) is 6.92 Å². The maximum Gasteiger partial charge on any atom is 0.328 e. The Hall–Kier alpha value is -2.03. The fraction of sp³-hybridized carbons (Fsp3) is 0.450. The summed E-state index contributed by atoms with van der Waals surface area (Å²) in [4.78, 5) is 10.2. The standard InChI is InChI=1S/C20H28O3/c1-2-3-4-5-9-12-15-18-19(23-18)16-13-10-7-6-8-11-14-17-20(21)22/h6-8,10-11,13-14,16-18H,2-5,9,12,15H2,1H3,(H,21,22). The minimum atomic E-state index is -0.940. The van der Waals surface area contributed by atoms with Gasteiger partial charge < -0.3 is 9.84 Å². The van der Waals surface area contributed by atoms with Gasteiger partial charge in [-0.3, -0.25) is 0 Å². The molecule has 0 aromatic rings. The molecule has 0 aliphatic carbocycles. The molecule has 126 valence electrons. The number of carboxylic acid groups (broad SMARTS) is 1. The zero-order valence-electron chi connectivity index (χ0n) is 14.0. The monoisotopic (exact) mass is 316 g/mol. The molecule has 0 amide bonds. The maximum atomic E-state index is 10.2. The third-order valence-electron chi connectivity index (χ3n) is 3.52. The Morgan fingerprint density at radius 3 is 2.26 bits per heavy atom. The van der Waals surface area contributed by atoms with Gasteiger partial charge in [0.25, 0.3) is 0 Å². The molecule has 1 fully saturated rings. The number of unbranched alkanes of at least 4 members (excludes halogenated alkanes) is 5. The van der Waals surface area contributed by atoms with Gasteiger partial charge in [-0.05, 0) is 18.9 Å². The fourth-order valence-corrected chi connectivity index (χ4v) is 2.20. The number of allylic oxidation sites excluding steroid dienone is 8. The van der Waals surface area contributed by atoms with Crippen LogP contribution in [-0.2, 0) is 9.53 Å². The molecule has 1 unspecified atom stereocenters. The highest BCUT2D eigenvalue weighted by molar-refractivity contribution is 5.80. The number of hydrogen-bond donors (Lipinski definition) is 1. The minimum Gasteiger partial charge on any atom is -0.483 e. The van der Waals surface area contributed by atoms with Crippen molar-refractivity contribution in [2.24, 2.45) is 0 Å². The molecule has 0 radical (unpaired) electrons. The van der Waals surface area contributed by atoms with Crippen LogP contribution in [0.1, 0.15) is 51.9 Å². The summed E-state index contributed by atoms with van der Waals surface area (Å²) in [7, 11) is 0. The van der Waals surface area contributed by atoms with Crippen molar-refractivity contribution in [3.8, 4) is 0 Å². The molecule has 0 bridgehead atoms. The lowest BCUT2D eigenvalue weighted by Crippen LogP contribution is -1.85. The summed E-state index contributed by atoms with van der Waals surface area (Å²) in [5, 5.41) is 8.40. The fourth-order valence-electron chi connectivity index (χ4n) is 2.20. The molecule has 1 aliphatic heterocycles. The topological polar surface area (TPSA) is 49.8 Å². The van der Waals surface area contributed by atoms with Crippen LogP contribution in [0.25, 0.3) is 0 Å². The number of carboxylic acids is 1. The molecule has 3 nitrogen and oxygen atoms in total. The molecule has 1 saturated heterocycles. The third-order valence-corrected chi connectivity index (χ3v) is 3.52. The summed E-state index contributed by atoms with van der Waals surface area (Å²) < 4.78 is 5.53. The highest BCUT2D eigenvalue weighted by Gasteiger charge is 2.30. The molecule has 0 aromatic carbocycles. The lowest BCUT2D eigenvalue weighted by molar-refractivity contribution is -0.131. The van der Waals surface area contributed by atoms with Crippen molar-refractivity contribution in [2.75, 3.05) is 0 Å². The van der Waals surface area contributed by atoms with Crippen LogP contribution in [-0.4, -0.2) is 17.2 Å². The first-order chi connectivity index (χ1) is 11.2. The van der Waals surface area contributed by atoms with Crippen LogP contribution in [0.5, 0.6) is 0 Å². The van der Waals surface area contributed by atoms with E-state index in [0.717, 1.165) is 18.3 Å². The lowest BCUT2D eigenvalue weighted by Gasteiger charge is -1.97. The SMILES string of the molecule is CCCCCCCCC1OC1=CC=CC=CC=CC=CC(=O)O. The van der Waals surface area contributed by atoms with E-state index in [1.54, 1.807) is 12.2 Å². The van der Waals surface area contributed by atoms with Crippen molar-refractivity contribution in [3.63, 3.8) is 0 Å². The average molecular weight is 316 g/mol. The molecule has 1 N–H and O–H groups in total. The molecule has 0 aromatic heterocycles. The quantitative estimate of drug-likeness (QED) is 0.229. The van der Waals surface area contributed by atoms with E-state index in [4.69, 9.17) is 9.84 Å². The first-order valence-corrected chi connectivity index (χ1v) is 8.52. The predicted molar refractivity (Wildman–Crippen MR) is 95.1 cm³/mol. The van der Waals surface area contributed by atoms with E-state index in [0.29, 0.717) is 6.10 Å². The smallest absolute Gasteiger partial charge is 0.328 e. The highest BCUT2D eigenvalue weighted by atomic mass is 16.6. The van der Waals surface area contributed by atoms with E-state index < -0.39 is 5.97 Å². The molecule has 0 saturated carbocycles. The summed E-state index contributed by atoms with van der Waals surface area (Å²) in [6.07, 6.45) is 25.1. The van der Waals surface area contributed by atoms with Crippen molar-refractivity contribution >= 4 is 5.97 Å². The zero-order valence-corrected chi connectivity index (χ0v) is 14.0. The van der Waals surface area contributed by atoms with Crippen LogP contribution < -0.4 is 0 Å². The second-order valence-corrected chi connectivity index (χ2v) is 5.58. The van der Waals surface area contributed by atoms with Gasteiger partial charge in [0, 0.05) is 6.08 Å². The zero-order chi connectivity index (χ0) is 16.8. The van der Waals surface area contributed by atoms with Crippen LogP contribution in [0.3, 0.4) is 0 Å². The molecule has 1 heterocycles. The molecule has 1 atom stereocenters. The Bertz CT molecular complexity index is 481. The lowest BCUT2D eigenvalue weighted by atomic mass is 10.1. The van der Waals surface area contributed by atoms with E-state index in [-0.39, 0.29) is 0 Å². The highest BCUT2D eigenvalue weighted by Crippen LogP contribution is 2.31. The Morgan fingerprint density at radius 1 is 0.957 bits per heavy atom. The summed E-state index contributed by atoms with van der Waals surface area (Å²) in [5.41, 5.74) is 0. The van der Waals surface area contributed by atoms with Gasteiger partial charge in [0.05, 0.1) is 0 Å². The Kier molecular flexibility index (Phi) is 10.3. The van der Waals surface area contributed by atoms with Crippen LogP contribution in [0, 0.1) is 0 Å². The number of aliphatic carboxylic acids is 1. The van der Waals surface area contributed by atoms with Gasteiger partial charge in [0.15, 0.2) is 6.10 Å². The van der Waals surface area contributed by atoms with E-state index in [1.165, 1.54) is 44.6 Å². The Morgan fingerprint density at radius 2 is 1.57 bits per heavy atom. The van der Waals surface area contributed by atoms with Gasteiger partial charge in [-0.1, -0.05) is 81.6 Å². The van der Waals surface area contributed by atoms with Crippen molar-refractivity contribution in [1.29, 1.82) is 0 Å². The molecule has 1 rings (SSSR count). The van der Waals surface area contributed by atoms with Gasteiger partial charge in [-0.15, -0.1) is 0 Å². The molecule has 0 spiro atoms. The van der Waals surface area contributed by atoms with Crippen LogP contribution >= 0.6 is 0 Å². The number of epoxide rings is 1. The molecule has 1 aliphatic rings. The predicted octanol–water partition coefficient (Wildman–Crippen LogP) is 5.33. The van der Waals surface area contributed by atoms with Gasteiger partial charge in [0.1, 0.15) is 5.76 Å². The number of ether oxygens (including phenoxy) is 1. The first kappa shape index (κ1) is 19.0. The van der Waals surface area contributed by atoms with Crippen LogP contribution in [0.4, 0.5) is 0 Å². The number of hydrogen-bond acceptors (Lipinski definition) is 2. The largest absolute Gasteiger partial charge is 0.483 e. The summed E-state index contributed by atoms with van der Waals surface area (Å²) in [5.74, 6) is 0.147. The van der Waals surface area contributed by atoms with E-state index in [1.807, 2.05) is 30.4 Å². The summed E-state index contributed by atoms with van der Waals surface area (Å²) in [6.45, 7) is 2.24. The second-order valence-electron chi connectivity index (χ2n) is 5.58. The van der Waals surface area contributed by atoms with Gasteiger partial charge in [-0.25, -0.2) is 4.79 Å². The molecule has 3 heteroatoms. The van der Waals surface area contributed by atoms with Crippen molar-refractivity contribution in [3.05, 3.63) is 60.4 Å². The summed E-state index contributed by atoms with van der Waals surface area (Å²) in [6, 6.07) is 0. The van der Waals surface area contributed by atoms with Crippen LogP contribution in [0.15, 0.2) is 60.4 Å². The van der Waals surface area contributed by atoms with Crippen molar-refractivity contribution in [1.82, 2.24) is 0 Å². The molecular weight excluding hydrogens is 288 g/mol. The third kappa shape index (κ3) is 11.2. The van der Waals surface area contributed by atoms with Crippen LogP contribution in [0.2, 0.25) is 0 Å².